The molecule has 0 fully saturated rings. The molecule has 0 aliphatic heterocycles. The highest BCUT2D eigenvalue weighted by atomic mass is 19.1. The molecule has 1 aromatic carbocycles. The summed E-state index contributed by atoms with van der Waals surface area (Å²) < 4.78 is 17.7. The number of rotatable bonds is 6. The lowest BCUT2D eigenvalue weighted by Crippen LogP contribution is -2.01. The predicted molar refractivity (Wildman–Crippen MR) is 83.4 cm³/mol. The minimum absolute atomic E-state index is 0.265. The summed E-state index contributed by atoms with van der Waals surface area (Å²) in [5.74, 6) is -0.265. The van der Waals surface area contributed by atoms with Gasteiger partial charge in [0.1, 0.15) is 5.82 Å². The third-order valence-electron chi connectivity index (χ3n) is 3.38. The van der Waals surface area contributed by atoms with Gasteiger partial charge in [-0.2, -0.15) is 5.10 Å². The molecule has 6 heteroatoms. The molecule has 3 aromatic rings. The number of anilines is 1. The van der Waals surface area contributed by atoms with Crippen molar-refractivity contribution >= 4 is 5.69 Å². The quantitative estimate of drug-likeness (QED) is 0.760. The summed E-state index contributed by atoms with van der Waals surface area (Å²) in [5, 5.41) is 7.51. The van der Waals surface area contributed by atoms with Gasteiger partial charge in [-0.3, -0.25) is 4.68 Å². The lowest BCUT2D eigenvalue weighted by molar-refractivity contribution is 0.603. The van der Waals surface area contributed by atoms with Crippen LogP contribution in [0.1, 0.15) is 18.9 Å². The third-order valence-corrected chi connectivity index (χ3v) is 3.38. The summed E-state index contributed by atoms with van der Waals surface area (Å²) in [5.41, 5.74) is 2.31. The van der Waals surface area contributed by atoms with Crippen LogP contribution in [0.5, 0.6) is 0 Å². The van der Waals surface area contributed by atoms with Crippen LogP contribution in [0.25, 0.3) is 5.69 Å². The van der Waals surface area contributed by atoms with E-state index in [9.17, 15) is 4.39 Å². The Bertz CT molecular complexity index is 733. The zero-order chi connectivity index (χ0) is 15.4. The van der Waals surface area contributed by atoms with Crippen molar-refractivity contribution in [2.45, 2.75) is 26.4 Å². The lowest BCUT2D eigenvalue weighted by Gasteiger charge is -2.08. The summed E-state index contributed by atoms with van der Waals surface area (Å²) >= 11 is 0. The second-order valence-electron chi connectivity index (χ2n) is 5.10. The molecule has 22 heavy (non-hydrogen) atoms. The number of nitrogens with zero attached hydrogens (tertiary/aromatic N) is 4. The standard InChI is InChI=1S/C16H18FN5/c1-2-6-22-11-14(10-20-22)19-9-13-3-4-16(15(17)8-13)21-7-5-18-12-21/h3-5,7-8,10-12,19H,2,6,9H2,1H3. The predicted octanol–water partition coefficient (Wildman–Crippen LogP) is 3.23. The molecule has 0 unspecified atom stereocenters. The molecule has 0 bridgehead atoms. The molecule has 2 aromatic heterocycles. The van der Waals surface area contributed by atoms with Crippen molar-refractivity contribution in [2.24, 2.45) is 0 Å². The summed E-state index contributed by atoms with van der Waals surface area (Å²) in [6.45, 7) is 3.56. The van der Waals surface area contributed by atoms with Gasteiger partial charge in [-0.15, -0.1) is 0 Å². The summed E-state index contributed by atoms with van der Waals surface area (Å²) in [6, 6.07) is 5.20. The monoisotopic (exact) mass is 299 g/mol. The maximum atomic E-state index is 14.2. The van der Waals surface area contributed by atoms with Gasteiger partial charge < -0.3 is 9.88 Å². The first kappa shape index (κ1) is 14.3. The summed E-state index contributed by atoms with van der Waals surface area (Å²) in [4.78, 5) is 3.93. The van der Waals surface area contributed by atoms with Crippen molar-refractivity contribution < 1.29 is 4.39 Å². The fraction of sp³-hybridized carbons (Fsp3) is 0.250. The van der Waals surface area contributed by atoms with E-state index in [1.165, 1.54) is 0 Å². The molecular weight excluding hydrogens is 281 g/mol. The molecular formula is C16H18FN5. The van der Waals surface area contributed by atoms with E-state index in [1.54, 1.807) is 41.6 Å². The van der Waals surface area contributed by atoms with Crippen molar-refractivity contribution in [1.82, 2.24) is 19.3 Å². The highest BCUT2D eigenvalue weighted by Crippen LogP contribution is 2.16. The van der Waals surface area contributed by atoms with Crippen LogP contribution in [0.3, 0.4) is 0 Å². The second-order valence-corrected chi connectivity index (χ2v) is 5.10. The van der Waals surface area contributed by atoms with Gasteiger partial charge >= 0.3 is 0 Å². The zero-order valence-electron chi connectivity index (χ0n) is 12.4. The van der Waals surface area contributed by atoms with Gasteiger partial charge in [-0.05, 0) is 24.1 Å². The van der Waals surface area contributed by atoms with E-state index >= 15 is 0 Å². The molecule has 0 aliphatic rings. The Labute approximate surface area is 128 Å². The Morgan fingerprint density at radius 2 is 2.23 bits per heavy atom. The molecule has 3 rings (SSSR count). The van der Waals surface area contributed by atoms with Gasteiger partial charge in [0.05, 0.1) is 23.9 Å². The molecule has 0 spiro atoms. The Morgan fingerprint density at radius 3 is 2.95 bits per heavy atom. The molecule has 2 heterocycles. The fourth-order valence-corrected chi connectivity index (χ4v) is 2.28. The van der Waals surface area contributed by atoms with Crippen molar-refractivity contribution in [3.8, 4) is 5.69 Å². The van der Waals surface area contributed by atoms with Crippen LogP contribution in [-0.4, -0.2) is 19.3 Å². The molecule has 5 nitrogen and oxygen atoms in total. The number of halogens is 1. The normalized spacial score (nSPS) is 10.8. The first-order valence-electron chi connectivity index (χ1n) is 7.29. The topological polar surface area (TPSA) is 47.7 Å². The number of nitrogens with one attached hydrogen (secondary N) is 1. The van der Waals surface area contributed by atoms with Gasteiger partial charge in [0.25, 0.3) is 0 Å². The average Bonchev–Trinajstić information content (AvgIpc) is 3.17. The number of hydrogen-bond acceptors (Lipinski definition) is 3. The smallest absolute Gasteiger partial charge is 0.147 e. The number of aryl methyl sites for hydroxylation is 1. The highest BCUT2D eigenvalue weighted by Gasteiger charge is 2.06. The molecule has 0 aliphatic carbocycles. The summed E-state index contributed by atoms with van der Waals surface area (Å²) in [7, 11) is 0. The van der Waals surface area contributed by atoms with E-state index in [1.807, 2.05) is 16.9 Å². The van der Waals surface area contributed by atoms with E-state index in [0.717, 1.165) is 24.2 Å². The average molecular weight is 299 g/mol. The van der Waals surface area contributed by atoms with E-state index in [0.29, 0.717) is 12.2 Å². The van der Waals surface area contributed by atoms with Crippen molar-refractivity contribution in [3.63, 3.8) is 0 Å². The molecule has 0 amide bonds. The molecule has 0 radical (unpaired) electrons. The minimum Gasteiger partial charge on any atom is -0.378 e. The van der Waals surface area contributed by atoms with Gasteiger partial charge in [-0.25, -0.2) is 9.37 Å². The van der Waals surface area contributed by atoms with Crippen LogP contribution in [0.2, 0.25) is 0 Å². The maximum absolute atomic E-state index is 14.2. The Morgan fingerprint density at radius 1 is 1.32 bits per heavy atom. The number of aromatic nitrogens is 4. The van der Waals surface area contributed by atoms with Crippen LogP contribution in [0, 0.1) is 5.82 Å². The van der Waals surface area contributed by atoms with Crippen LogP contribution >= 0.6 is 0 Å². The minimum atomic E-state index is -0.265. The first-order chi connectivity index (χ1) is 10.8. The zero-order valence-corrected chi connectivity index (χ0v) is 12.4. The van der Waals surface area contributed by atoms with Gasteiger partial charge in [0.15, 0.2) is 0 Å². The third kappa shape index (κ3) is 3.16. The SMILES string of the molecule is CCCn1cc(NCc2ccc(-n3ccnc3)c(F)c2)cn1. The van der Waals surface area contributed by atoms with Crippen LogP contribution in [0.4, 0.5) is 10.1 Å². The molecule has 0 atom stereocenters. The van der Waals surface area contributed by atoms with Crippen molar-refractivity contribution in [1.29, 1.82) is 0 Å². The number of hydrogen-bond donors (Lipinski definition) is 1. The molecule has 114 valence electrons. The lowest BCUT2D eigenvalue weighted by atomic mass is 10.2. The molecule has 0 saturated carbocycles. The number of benzene rings is 1. The van der Waals surface area contributed by atoms with Gasteiger partial charge in [0.2, 0.25) is 0 Å². The van der Waals surface area contributed by atoms with E-state index < -0.39 is 0 Å². The van der Waals surface area contributed by atoms with E-state index in [-0.39, 0.29) is 5.82 Å². The molecule has 1 N–H and O–H groups in total. The van der Waals surface area contributed by atoms with Gasteiger partial charge in [0, 0.05) is 31.7 Å². The van der Waals surface area contributed by atoms with E-state index in [4.69, 9.17) is 0 Å². The Kier molecular flexibility index (Phi) is 4.18. The number of imidazole rings is 1. The summed E-state index contributed by atoms with van der Waals surface area (Å²) in [6.07, 6.45) is 9.72. The largest absolute Gasteiger partial charge is 0.378 e. The molecule has 0 saturated heterocycles. The van der Waals surface area contributed by atoms with E-state index in [2.05, 4.69) is 22.3 Å². The van der Waals surface area contributed by atoms with Crippen molar-refractivity contribution in [2.75, 3.05) is 5.32 Å². The second kappa shape index (κ2) is 6.43. The van der Waals surface area contributed by atoms with Crippen LogP contribution in [-0.2, 0) is 13.1 Å². The first-order valence-corrected chi connectivity index (χ1v) is 7.29. The fourth-order valence-electron chi connectivity index (χ4n) is 2.28. The van der Waals surface area contributed by atoms with Crippen LogP contribution < -0.4 is 5.32 Å². The van der Waals surface area contributed by atoms with Crippen LogP contribution in [0.15, 0.2) is 49.3 Å². The maximum Gasteiger partial charge on any atom is 0.147 e. The van der Waals surface area contributed by atoms with Gasteiger partial charge in [-0.1, -0.05) is 13.0 Å². The highest BCUT2D eigenvalue weighted by molar-refractivity contribution is 5.41. The Hall–Kier alpha value is -2.63. The van der Waals surface area contributed by atoms with Crippen molar-refractivity contribution in [3.05, 3.63) is 60.7 Å². The Balaban J connectivity index is 1.66.